The maximum absolute atomic E-state index is 11.8. The van der Waals surface area contributed by atoms with Crippen LogP contribution >= 0.6 is 0 Å². The molecule has 2 N–H and O–H groups in total. The lowest BCUT2D eigenvalue weighted by Gasteiger charge is -2.22. The Kier molecular flexibility index (Phi) is 3.35. The molecule has 0 aliphatic carbocycles. The van der Waals surface area contributed by atoms with Gasteiger partial charge in [-0.05, 0) is 31.5 Å². The molecule has 1 aromatic carbocycles. The van der Waals surface area contributed by atoms with Crippen LogP contribution in [0.25, 0.3) is 0 Å². The second-order valence-corrected chi connectivity index (χ2v) is 3.86. The van der Waals surface area contributed by atoms with Gasteiger partial charge < -0.3 is 10.6 Å². The summed E-state index contributed by atoms with van der Waals surface area (Å²) >= 11 is 0. The highest BCUT2D eigenvalue weighted by Crippen LogP contribution is 2.10. The van der Waals surface area contributed by atoms with Crippen LogP contribution in [0.1, 0.15) is 19.3 Å². The fourth-order valence-corrected chi connectivity index (χ4v) is 1.83. The van der Waals surface area contributed by atoms with E-state index >= 15 is 0 Å². The molecule has 0 aromatic heterocycles. The zero-order chi connectivity index (χ0) is 10.5. The van der Waals surface area contributed by atoms with Gasteiger partial charge in [-0.2, -0.15) is 0 Å². The van der Waals surface area contributed by atoms with Crippen molar-refractivity contribution in [1.82, 2.24) is 5.32 Å². The molecule has 1 aliphatic heterocycles. The average Bonchev–Trinajstić information content (AvgIpc) is 2.31. The molecule has 0 bridgehead atoms. The van der Waals surface area contributed by atoms with E-state index in [2.05, 4.69) is 10.6 Å². The number of para-hydroxylation sites is 1. The highest BCUT2D eigenvalue weighted by molar-refractivity contribution is 5.94. The van der Waals surface area contributed by atoms with E-state index < -0.39 is 0 Å². The van der Waals surface area contributed by atoms with Crippen molar-refractivity contribution in [3.8, 4) is 0 Å². The van der Waals surface area contributed by atoms with Gasteiger partial charge in [-0.3, -0.25) is 4.79 Å². The Morgan fingerprint density at radius 3 is 2.73 bits per heavy atom. The molecule has 1 saturated heterocycles. The zero-order valence-corrected chi connectivity index (χ0v) is 8.70. The molecule has 0 spiro atoms. The summed E-state index contributed by atoms with van der Waals surface area (Å²) in [5.41, 5.74) is 0.870. The van der Waals surface area contributed by atoms with E-state index in [0.717, 1.165) is 25.1 Å². The van der Waals surface area contributed by atoms with Crippen LogP contribution in [0.4, 0.5) is 5.69 Å². The molecule has 1 unspecified atom stereocenters. The molecule has 1 heterocycles. The van der Waals surface area contributed by atoms with Crippen LogP contribution in [0.5, 0.6) is 0 Å². The summed E-state index contributed by atoms with van der Waals surface area (Å²) in [6, 6.07) is 9.57. The predicted octanol–water partition coefficient (Wildman–Crippen LogP) is 1.77. The van der Waals surface area contributed by atoms with Crippen molar-refractivity contribution < 1.29 is 4.79 Å². The van der Waals surface area contributed by atoms with Gasteiger partial charge in [0, 0.05) is 5.69 Å². The molecule has 1 atom stereocenters. The molecule has 1 aromatic rings. The average molecular weight is 204 g/mol. The third kappa shape index (κ3) is 2.80. The number of carbonyl (C=O) groups is 1. The SMILES string of the molecule is O=C(Nc1ccccc1)C1CCCCN1. The predicted molar refractivity (Wildman–Crippen MR) is 60.7 cm³/mol. The van der Waals surface area contributed by atoms with Crippen molar-refractivity contribution in [3.63, 3.8) is 0 Å². The molecule has 80 valence electrons. The molecule has 1 amide bonds. The standard InChI is InChI=1S/C12H16N2O/c15-12(11-8-4-5-9-13-11)14-10-6-2-1-3-7-10/h1-3,6-7,11,13H,4-5,8-9H2,(H,14,15). The lowest BCUT2D eigenvalue weighted by molar-refractivity contribution is -0.118. The van der Waals surface area contributed by atoms with Gasteiger partial charge in [-0.15, -0.1) is 0 Å². The first-order valence-electron chi connectivity index (χ1n) is 5.45. The molecule has 2 rings (SSSR count). The second-order valence-electron chi connectivity index (χ2n) is 3.86. The Balaban J connectivity index is 1.91. The molecule has 15 heavy (non-hydrogen) atoms. The minimum Gasteiger partial charge on any atom is -0.325 e. The normalized spacial score (nSPS) is 20.9. The summed E-state index contributed by atoms with van der Waals surface area (Å²) in [4.78, 5) is 11.8. The van der Waals surface area contributed by atoms with Crippen molar-refractivity contribution in [1.29, 1.82) is 0 Å². The number of piperidine rings is 1. The van der Waals surface area contributed by atoms with Gasteiger partial charge in [-0.25, -0.2) is 0 Å². The quantitative estimate of drug-likeness (QED) is 0.770. The Bertz CT molecular complexity index is 318. The van der Waals surface area contributed by atoms with Gasteiger partial charge in [0.05, 0.1) is 6.04 Å². The Hall–Kier alpha value is -1.35. The van der Waals surface area contributed by atoms with Crippen molar-refractivity contribution in [2.24, 2.45) is 0 Å². The van der Waals surface area contributed by atoms with Gasteiger partial charge in [0.2, 0.25) is 5.91 Å². The fraction of sp³-hybridized carbons (Fsp3) is 0.417. The minimum atomic E-state index is -0.0149. The Morgan fingerprint density at radius 1 is 1.27 bits per heavy atom. The molecule has 1 fully saturated rings. The fourth-order valence-electron chi connectivity index (χ4n) is 1.83. The Labute approximate surface area is 89.9 Å². The number of nitrogens with one attached hydrogen (secondary N) is 2. The lowest BCUT2D eigenvalue weighted by atomic mass is 10.0. The van der Waals surface area contributed by atoms with Crippen LogP contribution in [0.15, 0.2) is 30.3 Å². The molecule has 3 nitrogen and oxygen atoms in total. The van der Waals surface area contributed by atoms with E-state index in [1.165, 1.54) is 6.42 Å². The summed E-state index contributed by atoms with van der Waals surface area (Å²) in [7, 11) is 0. The van der Waals surface area contributed by atoms with Gasteiger partial charge in [0.1, 0.15) is 0 Å². The summed E-state index contributed by atoms with van der Waals surface area (Å²) in [6.45, 7) is 0.951. The lowest BCUT2D eigenvalue weighted by Crippen LogP contribution is -2.43. The van der Waals surface area contributed by atoms with Crippen molar-refractivity contribution in [2.75, 3.05) is 11.9 Å². The van der Waals surface area contributed by atoms with Gasteiger partial charge in [0.15, 0.2) is 0 Å². The number of amides is 1. The third-order valence-corrected chi connectivity index (χ3v) is 2.67. The zero-order valence-electron chi connectivity index (χ0n) is 8.70. The van der Waals surface area contributed by atoms with E-state index in [-0.39, 0.29) is 11.9 Å². The van der Waals surface area contributed by atoms with E-state index in [0.29, 0.717) is 0 Å². The van der Waals surface area contributed by atoms with Gasteiger partial charge in [-0.1, -0.05) is 24.6 Å². The first kappa shape index (κ1) is 10.2. The van der Waals surface area contributed by atoms with E-state index in [4.69, 9.17) is 0 Å². The van der Waals surface area contributed by atoms with Crippen LogP contribution < -0.4 is 10.6 Å². The number of anilines is 1. The van der Waals surface area contributed by atoms with Crippen LogP contribution in [-0.2, 0) is 4.79 Å². The van der Waals surface area contributed by atoms with Crippen molar-refractivity contribution in [2.45, 2.75) is 25.3 Å². The Morgan fingerprint density at radius 2 is 2.07 bits per heavy atom. The molecular formula is C12H16N2O. The molecule has 1 aliphatic rings. The topological polar surface area (TPSA) is 41.1 Å². The van der Waals surface area contributed by atoms with E-state index in [9.17, 15) is 4.79 Å². The smallest absolute Gasteiger partial charge is 0.241 e. The first-order valence-corrected chi connectivity index (χ1v) is 5.45. The van der Waals surface area contributed by atoms with E-state index in [1.807, 2.05) is 30.3 Å². The largest absolute Gasteiger partial charge is 0.325 e. The van der Waals surface area contributed by atoms with Crippen LogP contribution in [0.2, 0.25) is 0 Å². The molecule has 0 radical (unpaired) electrons. The highest BCUT2D eigenvalue weighted by Gasteiger charge is 2.19. The van der Waals surface area contributed by atoms with Crippen molar-refractivity contribution in [3.05, 3.63) is 30.3 Å². The highest BCUT2D eigenvalue weighted by atomic mass is 16.2. The molecular weight excluding hydrogens is 188 g/mol. The molecule has 3 heteroatoms. The maximum atomic E-state index is 11.8. The monoisotopic (exact) mass is 204 g/mol. The number of hydrogen-bond donors (Lipinski definition) is 2. The number of benzene rings is 1. The summed E-state index contributed by atoms with van der Waals surface area (Å²) in [6.07, 6.45) is 3.26. The minimum absolute atomic E-state index is 0.0149. The van der Waals surface area contributed by atoms with Crippen molar-refractivity contribution >= 4 is 11.6 Å². The summed E-state index contributed by atoms with van der Waals surface area (Å²) in [5.74, 6) is 0.0842. The van der Waals surface area contributed by atoms with Gasteiger partial charge in [0.25, 0.3) is 0 Å². The summed E-state index contributed by atoms with van der Waals surface area (Å²) < 4.78 is 0. The van der Waals surface area contributed by atoms with Crippen LogP contribution in [0.3, 0.4) is 0 Å². The van der Waals surface area contributed by atoms with Crippen LogP contribution in [-0.4, -0.2) is 18.5 Å². The second kappa shape index (κ2) is 4.94. The molecule has 0 saturated carbocycles. The number of rotatable bonds is 2. The van der Waals surface area contributed by atoms with Gasteiger partial charge >= 0.3 is 0 Å². The third-order valence-electron chi connectivity index (χ3n) is 2.67. The van der Waals surface area contributed by atoms with E-state index in [1.54, 1.807) is 0 Å². The van der Waals surface area contributed by atoms with Crippen LogP contribution in [0, 0.1) is 0 Å². The maximum Gasteiger partial charge on any atom is 0.241 e. The number of carbonyl (C=O) groups excluding carboxylic acids is 1. The first-order chi connectivity index (χ1) is 7.36. The summed E-state index contributed by atoms with van der Waals surface area (Å²) in [5, 5.41) is 6.14. The number of hydrogen-bond acceptors (Lipinski definition) is 2.